The number of sulfonamides is 1. The highest BCUT2D eigenvalue weighted by molar-refractivity contribution is 7.90. The summed E-state index contributed by atoms with van der Waals surface area (Å²) >= 11 is 1.50. The monoisotopic (exact) mass is 441 g/mol. The zero-order valence-corrected chi connectivity index (χ0v) is 17.1. The minimum Gasteiger partial charge on any atom is -0.467 e. The first kappa shape index (κ1) is 18.8. The van der Waals surface area contributed by atoms with E-state index in [2.05, 4.69) is 5.10 Å². The second kappa shape index (κ2) is 6.92. The molecular formula is C20H15N3O5S2. The van der Waals surface area contributed by atoms with Gasteiger partial charge in [-0.25, -0.2) is 17.7 Å². The van der Waals surface area contributed by atoms with E-state index in [0.717, 1.165) is 4.88 Å². The summed E-state index contributed by atoms with van der Waals surface area (Å²) in [6.45, 7) is -0.631. The van der Waals surface area contributed by atoms with Gasteiger partial charge in [-0.1, -0.05) is 18.2 Å². The Hall–Kier alpha value is -3.24. The maximum Gasteiger partial charge on any atom is 0.269 e. The Bertz CT molecular complexity index is 1260. The Morgan fingerprint density at radius 3 is 2.70 bits per heavy atom. The third kappa shape index (κ3) is 2.87. The largest absolute Gasteiger partial charge is 0.467 e. The number of thiophene rings is 1. The second-order valence-corrected chi connectivity index (χ2v) is 9.59. The van der Waals surface area contributed by atoms with Crippen LogP contribution in [0.15, 0.2) is 74.6 Å². The number of furan rings is 1. The highest BCUT2D eigenvalue weighted by Crippen LogP contribution is 2.35. The molecule has 0 bridgehead atoms. The number of hydrazone groups is 1. The van der Waals surface area contributed by atoms with Gasteiger partial charge in [0.25, 0.3) is 21.8 Å². The number of carbonyl (C=O) groups is 2. The van der Waals surface area contributed by atoms with Gasteiger partial charge in [0.2, 0.25) is 0 Å². The number of carbonyl (C=O) groups excluding carboxylic acids is 2. The number of amides is 2. The van der Waals surface area contributed by atoms with Crippen LogP contribution in [0, 0.1) is 0 Å². The van der Waals surface area contributed by atoms with Crippen LogP contribution in [0.4, 0.5) is 0 Å². The minimum atomic E-state index is -4.08. The van der Waals surface area contributed by atoms with Gasteiger partial charge in [-0.3, -0.25) is 9.59 Å². The average molecular weight is 441 g/mol. The van der Waals surface area contributed by atoms with E-state index in [1.54, 1.807) is 24.3 Å². The highest BCUT2D eigenvalue weighted by Gasteiger charge is 2.44. The third-order valence-corrected chi connectivity index (χ3v) is 7.74. The summed E-state index contributed by atoms with van der Waals surface area (Å²) in [5.41, 5.74) is 0.774. The zero-order valence-electron chi connectivity index (χ0n) is 15.5. The number of fused-ring (bicyclic) bond motifs is 1. The third-order valence-electron chi connectivity index (χ3n) is 5.03. The summed E-state index contributed by atoms with van der Waals surface area (Å²) in [5.74, 6) is -0.777. The Kier molecular flexibility index (Phi) is 4.33. The Balaban J connectivity index is 1.46. The van der Waals surface area contributed by atoms with Crippen LogP contribution in [0.2, 0.25) is 0 Å². The van der Waals surface area contributed by atoms with E-state index < -0.39 is 34.4 Å². The first-order valence-electron chi connectivity index (χ1n) is 9.10. The molecule has 2 aliphatic rings. The molecule has 0 aliphatic carbocycles. The lowest BCUT2D eigenvalue weighted by atomic mass is 10.1. The molecule has 1 unspecified atom stereocenters. The molecule has 5 rings (SSSR count). The predicted octanol–water partition coefficient (Wildman–Crippen LogP) is 2.86. The molecule has 10 heteroatoms. The number of rotatable bonds is 4. The summed E-state index contributed by atoms with van der Waals surface area (Å²) in [7, 11) is -4.08. The van der Waals surface area contributed by atoms with E-state index in [4.69, 9.17) is 4.42 Å². The highest BCUT2D eigenvalue weighted by atomic mass is 32.2. The van der Waals surface area contributed by atoms with E-state index in [1.807, 2.05) is 17.5 Å². The maximum absolute atomic E-state index is 13.1. The van der Waals surface area contributed by atoms with E-state index in [0.29, 0.717) is 22.2 Å². The van der Waals surface area contributed by atoms with Crippen molar-refractivity contribution in [2.45, 2.75) is 17.4 Å². The van der Waals surface area contributed by atoms with Crippen molar-refractivity contribution in [2.24, 2.45) is 5.10 Å². The van der Waals surface area contributed by atoms with Crippen molar-refractivity contribution >= 4 is 38.9 Å². The van der Waals surface area contributed by atoms with Crippen molar-refractivity contribution in [1.82, 2.24) is 9.31 Å². The molecule has 0 spiro atoms. The standard InChI is InChI=1S/C20H15N3O5S2/c24-19(12-22-20(25)13-5-1-2-8-18(13)30(22,26)27)23-15(16-6-3-9-28-16)11-14(21-23)17-7-4-10-29-17/h1-10,15H,11-12H2. The van der Waals surface area contributed by atoms with Crippen LogP contribution >= 0.6 is 11.3 Å². The summed E-state index contributed by atoms with van der Waals surface area (Å²) in [6.07, 6.45) is 1.94. The van der Waals surface area contributed by atoms with Gasteiger partial charge in [-0.15, -0.1) is 11.3 Å². The molecule has 2 aromatic heterocycles. The number of nitrogens with zero attached hydrogens (tertiary/aromatic N) is 3. The topological polar surface area (TPSA) is 100 Å². The Morgan fingerprint density at radius 1 is 1.17 bits per heavy atom. The van der Waals surface area contributed by atoms with Gasteiger partial charge < -0.3 is 4.42 Å². The van der Waals surface area contributed by atoms with Crippen LogP contribution in [0.3, 0.4) is 0 Å². The average Bonchev–Trinajstić information content (AvgIpc) is 3.52. The molecule has 3 aromatic rings. The second-order valence-electron chi connectivity index (χ2n) is 6.81. The lowest BCUT2D eigenvalue weighted by Gasteiger charge is -2.22. The molecule has 152 valence electrons. The quantitative estimate of drug-likeness (QED) is 0.620. The van der Waals surface area contributed by atoms with Crippen LogP contribution in [0.1, 0.15) is 33.5 Å². The van der Waals surface area contributed by atoms with Crippen molar-refractivity contribution < 1.29 is 22.4 Å². The summed E-state index contributed by atoms with van der Waals surface area (Å²) in [5, 5.41) is 7.59. The van der Waals surface area contributed by atoms with E-state index in [1.165, 1.54) is 34.7 Å². The minimum absolute atomic E-state index is 0.0667. The Morgan fingerprint density at radius 2 is 2.00 bits per heavy atom. The van der Waals surface area contributed by atoms with Gasteiger partial charge >= 0.3 is 0 Å². The molecule has 2 amide bonds. The van der Waals surface area contributed by atoms with Crippen LogP contribution in [0.5, 0.6) is 0 Å². The fraction of sp³-hybridized carbons (Fsp3) is 0.150. The molecule has 0 N–H and O–H groups in total. The number of benzene rings is 1. The van der Waals surface area contributed by atoms with Crippen molar-refractivity contribution in [1.29, 1.82) is 0 Å². The first-order chi connectivity index (χ1) is 14.5. The SMILES string of the molecule is O=C(CN1C(=O)c2ccccc2S1(=O)=O)N1N=C(c2cccs2)CC1c1ccco1. The van der Waals surface area contributed by atoms with Gasteiger partial charge in [-0.05, 0) is 35.7 Å². The maximum atomic E-state index is 13.1. The van der Waals surface area contributed by atoms with Crippen LogP contribution < -0.4 is 0 Å². The van der Waals surface area contributed by atoms with Crippen molar-refractivity contribution in [3.8, 4) is 0 Å². The Labute approximate surface area is 176 Å². The molecule has 2 aliphatic heterocycles. The lowest BCUT2D eigenvalue weighted by Crippen LogP contribution is -2.41. The molecule has 4 heterocycles. The van der Waals surface area contributed by atoms with Gasteiger partial charge in [0.05, 0.1) is 22.4 Å². The fourth-order valence-electron chi connectivity index (χ4n) is 3.62. The summed E-state index contributed by atoms with van der Waals surface area (Å²) in [4.78, 5) is 26.6. The molecule has 0 fully saturated rings. The van der Waals surface area contributed by atoms with Gasteiger partial charge in [-0.2, -0.15) is 5.10 Å². The molecule has 0 saturated carbocycles. The van der Waals surface area contributed by atoms with Crippen molar-refractivity contribution in [3.05, 3.63) is 76.4 Å². The number of hydrogen-bond acceptors (Lipinski definition) is 7. The van der Waals surface area contributed by atoms with Gasteiger partial charge in [0.1, 0.15) is 23.2 Å². The van der Waals surface area contributed by atoms with E-state index in [9.17, 15) is 18.0 Å². The van der Waals surface area contributed by atoms with Crippen LogP contribution in [-0.4, -0.2) is 41.8 Å². The molecule has 1 atom stereocenters. The molecule has 30 heavy (non-hydrogen) atoms. The molecule has 0 saturated heterocycles. The smallest absolute Gasteiger partial charge is 0.269 e. The van der Waals surface area contributed by atoms with Gasteiger partial charge in [0.15, 0.2) is 0 Å². The van der Waals surface area contributed by atoms with E-state index >= 15 is 0 Å². The molecule has 0 radical (unpaired) electrons. The number of hydrogen-bond donors (Lipinski definition) is 0. The van der Waals surface area contributed by atoms with Gasteiger partial charge in [0, 0.05) is 6.42 Å². The normalized spacial score (nSPS) is 19.8. The molecule has 1 aromatic carbocycles. The summed E-state index contributed by atoms with van der Waals surface area (Å²) in [6, 6.07) is 12.7. The first-order valence-corrected chi connectivity index (χ1v) is 11.4. The van der Waals surface area contributed by atoms with Crippen molar-refractivity contribution in [2.75, 3.05) is 6.54 Å². The molecule has 8 nitrogen and oxygen atoms in total. The van der Waals surface area contributed by atoms with Crippen LogP contribution in [-0.2, 0) is 14.8 Å². The summed E-state index contributed by atoms with van der Waals surface area (Å²) < 4.78 is 31.7. The lowest BCUT2D eigenvalue weighted by molar-refractivity contribution is -0.133. The van der Waals surface area contributed by atoms with Crippen LogP contribution in [0.25, 0.3) is 0 Å². The van der Waals surface area contributed by atoms with E-state index in [-0.39, 0.29) is 10.5 Å². The molecular weight excluding hydrogens is 426 g/mol. The van der Waals surface area contributed by atoms with Crippen molar-refractivity contribution in [3.63, 3.8) is 0 Å². The predicted molar refractivity (Wildman–Crippen MR) is 108 cm³/mol. The fourth-order valence-corrected chi connectivity index (χ4v) is 5.86. The zero-order chi connectivity index (χ0) is 20.9.